The largest absolute Gasteiger partial charge is 0.369 e. The molecular formula is C14H20BrNO2. The van der Waals surface area contributed by atoms with E-state index in [4.69, 9.17) is 4.74 Å². The number of rotatable bonds is 7. The molecule has 0 aromatic heterocycles. The summed E-state index contributed by atoms with van der Waals surface area (Å²) in [6.45, 7) is 5.33. The van der Waals surface area contributed by atoms with E-state index in [0.717, 1.165) is 10.9 Å². The van der Waals surface area contributed by atoms with Gasteiger partial charge in [0.25, 0.3) is 0 Å². The maximum Gasteiger partial charge on any atom is 0.248 e. The molecule has 0 atom stereocenters. The molecule has 0 aliphatic rings. The Morgan fingerprint density at radius 1 is 1.33 bits per heavy atom. The minimum absolute atomic E-state index is 0.0343. The number of benzene rings is 1. The van der Waals surface area contributed by atoms with Crippen molar-refractivity contribution in [2.75, 3.05) is 18.5 Å². The summed E-state index contributed by atoms with van der Waals surface area (Å²) in [7, 11) is 0. The molecule has 1 aromatic carbocycles. The van der Waals surface area contributed by atoms with E-state index in [2.05, 4.69) is 15.9 Å². The number of ether oxygens (including phenoxy) is 1. The number of halogens is 1. The van der Waals surface area contributed by atoms with Crippen LogP contribution in [0.25, 0.3) is 0 Å². The van der Waals surface area contributed by atoms with Gasteiger partial charge in [-0.05, 0) is 19.4 Å². The summed E-state index contributed by atoms with van der Waals surface area (Å²) in [5.74, 6) is 0.0343. The van der Waals surface area contributed by atoms with Crippen LogP contribution in [0.1, 0.15) is 19.4 Å². The van der Waals surface area contributed by atoms with Crippen LogP contribution in [0.4, 0.5) is 0 Å². The fourth-order valence-electron chi connectivity index (χ4n) is 1.53. The Morgan fingerprint density at radius 3 is 2.56 bits per heavy atom. The standard InChI is InChI=1S/C14H20BrNO2/c1-12(2)18-11-14(17)16(9-8-15)10-13-6-4-3-5-7-13/h3-7,12H,8-11H2,1-2H3. The first-order valence-electron chi connectivity index (χ1n) is 6.12. The highest BCUT2D eigenvalue weighted by atomic mass is 79.9. The first kappa shape index (κ1) is 15.2. The zero-order valence-electron chi connectivity index (χ0n) is 10.9. The molecule has 0 unspecified atom stereocenters. The van der Waals surface area contributed by atoms with Crippen LogP contribution >= 0.6 is 15.9 Å². The molecule has 0 bridgehead atoms. The van der Waals surface area contributed by atoms with Crippen LogP contribution in [0.15, 0.2) is 30.3 Å². The van der Waals surface area contributed by atoms with E-state index >= 15 is 0 Å². The van der Waals surface area contributed by atoms with Gasteiger partial charge in [-0.1, -0.05) is 46.3 Å². The summed E-state index contributed by atoms with van der Waals surface area (Å²) >= 11 is 3.38. The molecule has 18 heavy (non-hydrogen) atoms. The topological polar surface area (TPSA) is 29.5 Å². The zero-order chi connectivity index (χ0) is 13.4. The summed E-state index contributed by atoms with van der Waals surface area (Å²) in [6.07, 6.45) is 0.0801. The fraction of sp³-hybridized carbons (Fsp3) is 0.500. The van der Waals surface area contributed by atoms with Gasteiger partial charge in [0.2, 0.25) is 5.91 Å². The molecule has 0 spiro atoms. The first-order chi connectivity index (χ1) is 8.63. The smallest absolute Gasteiger partial charge is 0.248 e. The van der Waals surface area contributed by atoms with Crippen molar-refractivity contribution in [3.63, 3.8) is 0 Å². The van der Waals surface area contributed by atoms with Gasteiger partial charge in [-0.15, -0.1) is 0 Å². The first-order valence-corrected chi connectivity index (χ1v) is 7.25. The second-order valence-corrected chi connectivity index (χ2v) is 5.14. The van der Waals surface area contributed by atoms with Crippen LogP contribution in [-0.2, 0) is 16.1 Å². The highest BCUT2D eigenvalue weighted by molar-refractivity contribution is 9.09. The van der Waals surface area contributed by atoms with Crippen LogP contribution in [0.3, 0.4) is 0 Å². The van der Waals surface area contributed by atoms with Gasteiger partial charge in [-0.2, -0.15) is 0 Å². The van der Waals surface area contributed by atoms with Crippen molar-refractivity contribution in [1.82, 2.24) is 4.90 Å². The Morgan fingerprint density at radius 2 is 2.00 bits per heavy atom. The molecule has 0 N–H and O–H groups in total. The molecule has 1 aromatic rings. The Kier molecular flexibility index (Phi) is 6.98. The third-order valence-electron chi connectivity index (χ3n) is 2.46. The highest BCUT2D eigenvalue weighted by Crippen LogP contribution is 2.06. The molecule has 4 heteroatoms. The predicted octanol–water partition coefficient (Wildman–Crippen LogP) is 2.84. The molecule has 1 amide bonds. The fourth-order valence-corrected chi connectivity index (χ4v) is 1.96. The SMILES string of the molecule is CC(C)OCC(=O)N(CCBr)Cc1ccccc1. The van der Waals surface area contributed by atoms with Crippen molar-refractivity contribution in [3.05, 3.63) is 35.9 Å². The lowest BCUT2D eigenvalue weighted by Crippen LogP contribution is -2.35. The van der Waals surface area contributed by atoms with Crippen molar-refractivity contribution in [2.45, 2.75) is 26.5 Å². The normalized spacial score (nSPS) is 10.7. The van der Waals surface area contributed by atoms with E-state index in [0.29, 0.717) is 13.1 Å². The van der Waals surface area contributed by atoms with Gasteiger partial charge >= 0.3 is 0 Å². The second kappa shape index (κ2) is 8.27. The van der Waals surface area contributed by atoms with Gasteiger partial charge in [-0.3, -0.25) is 4.79 Å². The predicted molar refractivity (Wildman–Crippen MR) is 76.7 cm³/mol. The average molecular weight is 314 g/mol. The summed E-state index contributed by atoms with van der Waals surface area (Å²) in [5.41, 5.74) is 1.14. The lowest BCUT2D eigenvalue weighted by molar-refractivity contribution is -0.137. The monoisotopic (exact) mass is 313 g/mol. The number of carbonyl (C=O) groups excluding carboxylic acids is 1. The van der Waals surface area contributed by atoms with Crippen molar-refractivity contribution in [2.24, 2.45) is 0 Å². The quantitative estimate of drug-likeness (QED) is 0.724. The number of hydrogen-bond acceptors (Lipinski definition) is 2. The van der Waals surface area contributed by atoms with Gasteiger partial charge in [-0.25, -0.2) is 0 Å². The van der Waals surface area contributed by atoms with Gasteiger partial charge in [0, 0.05) is 18.4 Å². The Labute approximate surface area is 117 Å². The molecule has 0 heterocycles. The van der Waals surface area contributed by atoms with Crippen LogP contribution < -0.4 is 0 Å². The third kappa shape index (κ3) is 5.65. The van der Waals surface area contributed by atoms with Crippen molar-refractivity contribution in [1.29, 1.82) is 0 Å². The average Bonchev–Trinajstić information content (AvgIpc) is 2.36. The molecule has 3 nitrogen and oxygen atoms in total. The molecule has 0 fully saturated rings. The zero-order valence-corrected chi connectivity index (χ0v) is 12.5. The molecule has 0 aliphatic carbocycles. The van der Waals surface area contributed by atoms with Crippen molar-refractivity contribution in [3.8, 4) is 0 Å². The van der Waals surface area contributed by atoms with E-state index < -0.39 is 0 Å². The van der Waals surface area contributed by atoms with E-state index in [1.807, 2.05) is 49.1 Å². The van der Waals surface area contributed by atoms with Gasteiger partial charge in [0.15, 0.2) is 0 Å². The molecule has 100 valence electrons. The van der Waals surface area contributed by atoms with Crippen LogP contribution in [0.5, 0.6) is 0 Å². The second-order valence-electron chi connectivity index (χ2n) is 4.35. The minimum atomic E-state index is 0.0343. The molecule has 0 radical (unpaired) electrons. The summed E-state index contributed by atoms with van der Waals surface area (Å²) in [4.78, 5) is 13.8. The number of nitrogens with zero attached hydrogens (tertiary/aromatic N) is 1. The number of alkyl halides is 1. The summed E-state index contributed by atoms with van der Waals surface area (Å²) in [5, 5.41) is 0.771. The molecule has 1 rings (SSSR count). The maximum absolute atomic E-state index is 12.0. The van der Waals surface area contributed by atoms with E-state index in [1.54, 1.807) is 0 Å². The van der Waals surface area contributed by atoms with Crippen molar-refractivity contribution < 1.29 is 9.53 Å². The number of carbonyl (C=O) groups is 1. The lowest BCUT2D eigenvalue weighted by Gasteiger charge is -2.22. The van der Waals surface area contributed by atoms with Gasteiger partial charge < -0.3 is 9.64 Å². The number of amides is 1. The van der Waals surface area contributed by atoms with E-state index in [9.17, 15) is 4.79 Å². The van der Waals surface area contributed by atoms with E-state index in [-0.39, 0.29) is 18.6 Å². The van der Waals surface area contributed by atoms with Gasteiger partial charge in [0.05, 0.1) is 6.10 Å². The summed E-state index contributed by atoms with van der Waals surface area (Å²) < 4.78 is 5.36. The summed E-state index contributed by atoms with van der Waals surface area (Å²) in [6, 6.07) is 9.99. The molecule has 0 aliphatic heterocycles. The van der Waals surface area contributed by atoms with Gasteiger partial charge in [0.1, 0.15) is 6.61 Å². The minimum Gasteiger partial charge on any atom is -0.369 e. The maximum atomic E-state index is 12.0. The van der Waals surface area contributed by atoms with Crippen molar-refractivity contribution >= 4 is 21.8 Å². The van der Waals surface area contributed by atoms with Crippen LogP contribution in [-0.4, -0.2) is 35.4 Å². The highest BCUT2D eigenvalue weighted by Gasteiger charge is 2.13. The molecule has 0 saturated heterocycles. The Hall–Kier alpha value is -0.870. The number of hydrogen-bond donors (Lipinski definition) is 0. The van der Waals surface area contributed by atoms with Crippen LogP contribution in [0, 0.1) is 0 Å². The molecule has 0 saturated carbocycles. The Balaban J connectivity index is 2.56. The Bertz CT molecular complexity index is 354. The molecular weight excluding hydrogens is 294 g/mol. The third-order valence-corrected chi connectivity index (χ3v) is 2.82. The lowest BCUT2D eigenvalue weighted by atomic mass is 10.2. The van der Waals surface area contributed by atoms with Crippen LogP contribution in [0.2, 0.25) is 0 Å². The van der Waals surface area contributed by atoms with E-state index in [1.165, 1.54) is 0 Å².